The Morgan fingerprint density at radius 1 is 1.12 bits per heavy atom. The lowest BCUT2D eigenvalue weighted by Crippen LogP contribution is -2.10. The monoisotopic (exact) mass is 363 g/mol. The maximum absolute atomic E-state index is 12.2. The molecule has 0 fully saturated rings. The molecular weight excluding hydrogens is 349 g/mol. The Kier molecular flexibility index (Phi) is 4.87. The quantitative estimate of drug-likeness (QED) is 0.751. The zero-order valence-corrected chi connectivity index (χ0v) is 14.4. The van der Waals surface area contributed by atoms with Gasteiger partial charge in [-0.05, 0) is 19.1 Å². The van der Waals surface area contributed by atoms with Crippen LogP contribution in [0.1, 0.15) is 22.8 Å². The number of benzene rings is 1. The molecule has 0 saturated heterocycles. The van der Waals surface area contributed by atoms with Crippen LogP contribution < -0.4 is 5.32 Å². The van der Waals surface area contributed by atoms with Gasteiger partial charge in [0.25, 0.3) is 5.91 Å². The minimum absolute atomic E-state index is 0.231. The molecule has 24 heavy (non-hydrogen) atoms. The van der Waals surface area contributed by atoms with E-state index in [1.165, 1.54) is 6.20 Å². The zero-order chi connectivity index (χ0) is 17.1. The molecule has 0 aliphatic rings. The highest BCUT2D eigenvalue weighted by atomic mass is 35.5. The van der Waals surface area contributed by atoms with Gasteiger partial charge in [-0.1, -0.05) is 29.3 Å². The molecule has 3 aromatic rings. The van der Waals surface area contributed by atoms with Crippen LogP contribution in [0.2, 0.25) is 10.0 Å². The van der Waals surface area contributed by atoms with Gasteiger partial charge in [0, 0.05) is 34.5 Å². The van der Waals surface area contributed by atoms with Crippen LogP contribution in [-0.2, 0) is 13.1 Å². The third-order valence-corrected chi connectivity index (χ3v) is 4.20. The van der Waals surface area contributed by atoms with Gasteiger partial charge in [0.1, 0.15) is 0 Å². The van der Waals surface area contributed by atoms with E-state index in [1.54, 1.807) is 46.2 Å². The average molecular weight is 364 g/mol. The van der Waals surface area contributed by atoms with Crippen molar-refractivity contribution >= 4 is 34.8 Å². The number of carbonyl (C=O) groups is 1. The molecule has 8 heteroatoms. The first-order valence-electron chi connectivity index (χ1n) is 7.36. The third-order valence-electron chi connectivity index (χ3n) is 3.49. The number of aromatic nitrogens is 4. The van der Waals surface area contributed by atoms with Gasteiger partial charge in [0.15, 0.2) is 0 Å². The van der Waals surface area contributed by atoms with Gasteiger partial charge in [-0.2, -0.15) is 10.2 Å². The topological polar surface area (TPSA) is 64.7 Å². The summed E-state index contributed by atoms with van der Waals surface area (Å²) in [4.78, 5) is 12.2. The molecule has 0 radical (unpaired) electrons. The summed E-state index contributed by atoms with van der Waals surface area (Å²) in [5.41, 5.74) is 1.87. The van der Waals surface area contributed by atoms with Crippen molar-refractivity contribution in [2.75, 3.05) is 5.32 Å². The Bertz CT molecular complexity index is 851. The van der Waals surface area contributed by atoms with Crippen LogP contribution in [0.25, 0.3) is 0 Å². The van der Waals surface area contributed by atoms with Gasteiger partial charge in [-0.3, -0.25) is 14.2 Å². The highest BCUT2D eigenvalue weighted by molar-refractivity contribution is 6.35. The number of rotatable bonds is 5. The minimum atomic E-state index is -0.231. The fourth-order valence-electron chi connectivity index (χ4n) is 2.22. The molecule has 0 atom stereocenters. The standard InChI is InChI=1S/C16H15Cl2N5O/c1-2-22-8-11(6-19-22)16(24)21-12-7-20-23(9-12)10-13-14(17)4-3-5-15(13)18/h3-9H,2,10H2,1H3,(H,21,24). The molecule has 1 aromatic carbocycles. The van der Waals surface area contributed by atoms with Crippen LogP contribution in [0, 0.1) is 0 Å². The maximum Gasteiger partial charge on any atom is 0.258 e. The molecule has 0 spiro atoms. The van der Waals surface area contributed by atoms with E-state index in [1.807, 2.05) is 6.92 Å². The number of nitrogens with one attached hydrogen (secondary N) is 1. The first-order valence-corrected chi connectivity index (χ1v) is 8.11. The number of carbonyl (C=O) groups excluding carboxylic acids is 1. The molecule has 1 amide bonds. The summed E-state index contributed by atoms with van der Waals surface area (Å²) in [7, 11) is 0. The molecule has 6 nitrogen and oxygen atoms in total. The van der Waals surface area contributed by atoms with Crippen molar-refractivity contribution in [3.8, 4) is 0 Å². The van der Waals surface area contributed by atoms with Crippen LogP contribution in [0.15, 0.2) is 43.0 Å². The molecule has 0 bridgehead atoms. The van der Waals surface area contributed by atoms with Crippen LogP contribution in [0.4, 0.5) is 5.69 Å². The van der Waals surface area contributed by atoms with Crippen LogP contribution >= 0.6 is 23.2 Å². The SMILES string of the molecule is CCn1cc(C(=O)Nc2cnn(Cc3c(Cl)cccc3Cl)c2)cn1. The highest BCUT2D eigenvalue weighted by Crippen LogP contribution is 2.25. The van der Waals surface area contributed by atoms with Gasteiger partial charge in [-0.15, -0.1) is 0 Å². The second-order valence-corrected chi connectivity index (χ2v) is 5.98. The second-order valence-electron chi connectivity index (χ2n) is 5.17. The molecular formula is C16H15Cl2N5O. The second kappa shape index (κ2) is 7.07. The van der Waals surface area contributed by atoms with Gasteiger partial charge in [-0.25, -0.2) is 0 Å². The van der Waals surface area contributed by atoms with Gasteiger partial charge < -0.3 is 5.32 Å². The first kappa shape index (κ1) is 16.5. The molecule has 3 rings (SSSR count). The lowest BCUT2D eigenvalue weighted by atomic mass is 10.2. The number of aryl methyl sites for hydroxylation is 1. The van der Waals surface area contributed by atoms with Crippen molar-refractivity contribution in [3.05, 3.63) is 64.2 Å². The van der Waals surface area contributed by atoms with E-state index in [2.05, 4.69) is 15.5 Å². The Morgan fingerprint density at radius 3 is 2.50 bits per heavy atom. The number of amides is 1. The van der Waals surface area contributed by atoms with Crippen LogP contribution in [-0.4, -0.2) is 25.5 Å². The summed E-state index contributed by atoms with van der Waals surface area (Å²) in [6.07, 6.45) is 6.53. The number of hydrogen-bond acceptors (Lipinski definition) is 3. The molecule has 0 aliphatic heterocycles. The van der Waals surface area contributed by atoms with E-state index in [4.69, 9.17) is 23.2 Å². The molecule has 2 heterocycles. The van der Waals surface area contributed by atoms with Crippen molar-refractivity contribution in [3.63, 3.8) is 0 Å². The lowest BCUT2D eigenvalue weighted by molar-refractivity contribution is 0.102. The van der Waals surface area contributed by atoms with Crippen LogP contribution in [0.3, 0.4) is 0 Å². The molecule has 124 valence electrons. The van der Waals surface area contributed by atoms with E-state index in [0.29, 0.717) is 34.4 Å². The molecule has 0 unspecified atom stereocenters. The summed E-state index contributed by atoms with van der Waals surface area (Å²) < 4.78 is 3.36. The van der Waals surface area contributed by atoms with E-state index in [9.17, 15) is 4.79 Å². The fourth-order valence-corrected chi connectivity index (χ4v) is 2.73. The summed E-state index contributed by atoms with van der Waals surface area (Å²) in [5.74, 6) is -0.231. The Balaban J connectivity index is 1.70. The average Bonchev–Trinajstić information content (AvgIpc) is 3.20. The summed E-state index contributed by atoms with van der Waals surface area (Å²) >= 11 is 12.3. The number of halogens is 2. The normalized spacial score (nSPS) is 10.8. The number of anilines is 1. The Hall–Kier alpha value is -2.31. The Morgan fingerprint density at radius 2 is 1.83 bits per heavy atom. The van der Waals surface area contributed by atoms with Gasteiger partial charge in [0.05, 0.1) is 30.2 Å². The predicted octanol–water partition coefficient (Wildman–Crippen LogP) is 3.71. The third kappa shape index (κ3) is 3.60. The lowest BCUT2D eigenvalue weighted by Gasteiger charge is -2.06. The summed E-state index contributed by atoms with van der Waals surface area (Å²) in [5, 5.41) is 12.3. The van der Waals surface area contributed by atoms with Crippen molar-refractivity contribution in [1.29, 1.82) is 0 Å². The summed E-state index contributed by atoms with van der Waals surface area (Å²) in [6, 6.07) is 5.35. The maximum atomic E-state index is 12.2. The molecule has 1 N–H and O–H groups in total. The smallest absolute Gasteiger partial charge is 0.258 e. The molecule has 0 saturated carbocycles. The van der Waals surface area contributed by atoms with E-state index < -0.39 is 0 Å². The van der Waals surface area contributed by atoms with Crippen LogP contribution in [0.5, 0.6) is 0 Å². The fraction of sp³-hybridized carbons (Fsp3) is 0.188. The zero-order valence-electron chi connectivity index (χ0n) is 12.9. The largest absolute Gasteiger partial charge is 0.319 e. The van der Waals surface area contributed by atoms with E-state index >= 15 is 0 Å². The van der Waals surface area contributed by atoms with E-state index in [0.717, 1.165) is 5.56 Å². The van der Waals surface area contributed by atoms with Gasteiger partial charge >= 0.3 is 0 Å². The first-order chi connectivity index (χ1) is 11.6. The van der Waals surface area contributed by atoms with Crippen molar-refractivity contribution in [2.45, 2.75) is 20.0 Å². The molecule has 0 aliphatic carbocycles. The predicted molar refractivity (Wildman–Crippen MR) is 93.6 cm³/mol. The minimum Gasteiger partial charge on any atom is -0.319 e. The Labute approximate surface area is 149 Å². The number of nitrogens with zero attached hydrogens (tertiary/aromatic N) is 4. The van der Waals surface area contributed by atoms with E-state index in [-0.39, 0.29) is 5.91 Å². The highest BCUT2D eigenvalue weighted by Gasteiger charge is 2.11. The van der Waals surface area contributed by atoms with Crippen molar-refractivity contribution < 1.29 is 4.79 Å². The van der Waals surface area contributed by atoms with Crippen molar-refractivity contribution in [1.82, 2.24) is 19.6 Å². The van der Waals surface area contributed by atoms with Gasteiger partial charge in [0.2, 0.25) is 0 Å². The number of hydrogen-bond donors (Lipinski definition) is 1. The van der Waals surface area contributed by atoms with Crippen molar-refractivity contribution in [2.24, 2.45) is 0 Å². The molecule has 2 aromatic heterocycles. The summed E-state index contributed by atoms with van der Waals surface area (Å²) in [6.45, 7) is 3.09.